The van der Waals surface area contributed by atoms with Crippen LogP contribution >= 0.6 is 11.8 Å². The van der Waals surface area contributed by atoms with Crippen LogP contribution in [0.2, 0.25) is 0 Å². The van der Waals surface area contributed by atoms with Crippen molar-refractivity contribution in [3.05, 3.63) is 60.2 Å². The third-order valence-electron chi connectivity index (χ3n) is 5.04. The van der Waals surface area contributed by atoms with Gasteiger partial charge in [0.1, 0.15) is 0 Å². The van der Waals surface area contributed by atoms with Crippen LogP contribution in [0.15, 0.2) is 59.5 Å². The van der Waals surface area contributed by atoms with Crippen molar-refractivity contribution in [2.45, 2.75) is 23.8 Å². The minimum Gasteiger partial charge on any atom is -0.371 e. The Bertz CT molecular complexity index is 831. The standard InChI is InChI=1S/C23H29N3O3S/c1-30-20-11-7-10-19(16-20)25-23(28)22(27)24-12-5-6-13-26-14-15-29-21(17-26)18-8-3-2-4-9-18/h2-4,7-11,16,21H,5-6,12-15,17H2,1H3,(H,24,27)(H,25,28). The normalized spacial score (nSPS) is 16.8. The third kappa shape index (κ3) is 6.86. The van der Waals surface area contributed by atoms with Gasteiger partial charge in [-0.1, -0.05) is 36.4 Å². The quantitative estimate of drug-likeness (QED) is 0.384. The van der Waals surface area contributed by atoms with Crippen molar-refractivity contribution in [2.75, 3.05) is 44.4 Å². The predicted octanol–water partition coefficient (Wildman–Crippen LogP) is 3.32. The number of unbranched alkanes of at least 4 members (excludes halogenated alkanes) is 1. The fourth-order valence-corrected chi connectivity index (χ4v) is 3.87. The lowest BCUT2D eigenvalue weighted by Crippen LogP contribution is -2.39. The second-order valence-corrected chi connectivity index (χ2v) is 8.10. The van der Waals surface area contributed by atoms with E-state index in [0.717, 1.165) is 44.0 Å². The maximum absolute atomic E-state index is 12.0. The van der Waals surface area contributed by atoms with Gasteiger partial charge in [0.25, 0.3) is 0 Å². The van der Waals surface area contributed by atoms with E-state index < -0.39 is 11.8 Å². The Kier molecular flexibility index (Phi) is 8.74. The average Bonchev–Trinajstić information content (AvgIpc) is 2.79. The monoisotopic (exact) mass is 427 g/mol. The molecule has 1 atom stereocenters. The summed E-state index contributed by atoms with van der Waals surface area (Å²) in [5.41, 5.74) is 1.84. The molecule has 2 amide bonds. The molecule has 1 heterocycles. The molecule has 0 spiro atoms. The van der Waals surface area contributed by atoms with Crippen LogP contribution in [0.25, 0.3) is 0 Å². The number of benzene rings is 2. The lowest BCUT2D eigenvalue weighted by atomic mass is 10.1. The van der Waals surface area contributed by atoms with Crippen LogP contribution in [0.5, 0.6) is 0 Å². The molecule has 160 valence electrons. The second kappa shape index (κ2) is 11.7. The van der Waals surface area contributed by atoms with E-state index in [4.69, 9.17) is 4.74 Å². The fraction of sp³-hybridized carbons (Fsp3) is 0.391. The van der Waals surface area contributed by atoms with Gasteiger partial charge < -0.3 is 15.4 Å². The molecule has 7 heteroatoms. The molecule has 1 saturated heterocycles. The number of anilines is 1. The van der Waals surface area contributed by atoms with E-state index in [-0.39, 0.29) is 6.10 Å². The SMILES string of the molecule is CSc1cccc(NC(=O)C(=O)NCCCCN2CCOC(c3ccccc3)C2)c1. The first-order valence-electron chi connectivity index (χ1n) is 10.3. The lowest BCUT2D eigenvalue weighted by molar-refractivity contribution is -0.136. The van der Waals surface area contributed by atoms with Crippen molar-refractivity contribution in [3.63, 3.8) is 0 Å². The van der Waals surface area contributed by atoms with E-state index in [9.17, 15) is 9.59 Å². The highest BCUT2D eigenvalue weighted by Gasteiger charge is 2.21. The van der Waals surface area contributed by atoms with Crippen LogP contribution in [0, 0.1) is 0 Å². The average molecular weight is 428 g/mol. The zero-order valence-corrected chi connectivity index (χ0v) is 18.1. The summed E-state index contributed by atoms with van der Waals surface area (Å²) < 4.78 is 5.90. The molecular weight excluding hydrogens is 398 g/mol. The van der Waals surface area contributed by atoms with Gasteiger partial charge >= 0.3 is 11.8 Å². The Morgan fingerprint density at radius 2 is 1.93 bits per heavy atom. The number of amides is 2. The van der Waals surface area contributed by atoms with Crippen LogP contribution in [0.4, 0.5) is 5.69 Å². The Morgan fingerprint density at radius 3 is 2.73 bits per heavy atom. The molecule has 1 unspecified atom stereocenters. The van der Waals surface area contributed by atoms with Gasteiger partial charge in [0.15, 0.2) is 0 Å². The van der Waals surface area contributed by atoms with Crippen molar-refractivity contribution in [3.8, 4) is 0 Å². The van der Waals surface area contributed by atoms with Crippen LogP contribution in [-0.4, -0.2) is 55.8 Å². The molecule has 0 bridgehead atoms. The minimum absolute atomic E-state index is 0.118. The summed E-state index contributed by atoms with van der Waals surface area (Å²) in [6.07, 6.45) is 3.87. The first kappa shape index (κ1) is 22.3. The number of ether oxygens (including phenoxy) is 1. The van der Waals surface area contributed by atoms with Gasteiger partial charge in [0.2, 0.25) is 0 Å². The highest BCUT2D eigenvalue weighted by molar-refractivity contribution is 7.98. The summed E-state index contributed by atoms with van der Waals surface area (Å²) in [6.45, 7) is 3.98. The van der Waals surface area contributed by atoms with Gasteiger partial charge in [-0.15, -0.1) is 11.8 Å². The molecule has 30 heavy (non-hydrogen) atoms. The molecule has 2 aromatic carbocycles. The summed E-state index contributed by atoms with van der Waals surface area (Å²) in [4.78, 5) is 27.5. The third-order valence-corrected chi connectivity index (χ3v) is 5.77. The smallest absolute Gasteiger partial charge is 0.313 e. The number of carbonyl (C=O) groups is 2. The van der Waals surface area contributed by atoms with Crippen molar-refractivity contribution in [2.24, 2.45) is 0 Å². The van der Waals surface area contributed by atoms with Crippen molar-refractivity contribution in [1.82, 2.24) is 10.2 Å². The first-order valence-corrected chi connectivity index (χ1v) is 11.5. The van der Waals surface area contributed by atoms with Crippen molar-refractivity contribution in [1.29, 1.82) is 0 Å². The fourth-order valence-electron chi connectivity index (χ4n) is 3.41. The van der Waals surface area contributed by atoms with Gasteiger partial charge in [0.05, 0.1) is 12.7 Å². The van der Waals surface area contributed by atoms with E-state index in [1.165, 1.54) is 5.56 Å². The molecule has 0 saturated carbocycles. The molecule has 2 aromatic rings. The van der Waals surface area contributed by atoms with Crippen molar-refractivity contribution >= 4 is 29.3 Å². The van der Waals surface area contributed by atoms with Crippen LogP contribution in [-0.2, 0) is 14.3 Å². The summed E-state index contributed by atoms with van der Waals surface area (Å²) >= 11 is 1.58. The molecular formula is C23H29N3O3S. The minimum atomic E-state index is -0.632. The molecule has 1 aliphatic heterocycles. The maximum atomic E-state index is 12.0. The molecule has 0 radical (unpaired) electrons. The Labute approximate surface area is 182 Å². The zero-order valence-electron chi connectivity index (χ0n) is 17.3. The predicted molar refractivity (Wildman–Crippen MR) is 121 cm³/mol. The number of hydrogen-bond acceptors (Lipinski definition) is 5. The Hall–Kier alpha value is -2.35. The second-order valence-electron chi connectivity index (χ2n) is 7.22. The van der Waals surface area contributed by atoms with Crippen LogP contribution in [0.1, 0.15) is 24.5 Å². The largest absolute Gasteiger partial charge is 0.371 e. The van der Waals surface area contributed by atoms with Crippen LogP contribution < -0.4 is 10.6 Å². The molecule has 0 aromatic heterocycles. The summed E-state index contributed by atoms with van der Waals surface area (Å²) in [7, 11) is 0. The Balaban J connectivity index is 1.32. The highest BCUT2D eigenvalue weighted by Crippen LogP contribution is 2.22. The molecule has 0 aliphatic carbocycles. The van der Waals surface area contributed by atoms with E-state index in [0.29, 0.717) is 12.2 Å². The number of hydrogen-bond donors (Lipinski definition) is 2. The number of nitrogens with zero attached hydrogens (tertiary/aromatic N) is 1. The topological polar surface area (TPSA) is 70.7 Å². The number of morpholine rings is 1. The van der Waals surface area contributed by atoms with Gasteiger partial charge in [0, 0.05) is 30.2 Å². The number of rotatable bonds is 8. The number of nitrogens with one attached hydrogen (secondary N) is 2. The zero-order chi connectivity index (χ0) is 21.2. The number of carbonyl (C=O) groups excluding carboxylic acids is 2. The summed E-state index contributed by atoms with van der Waals surface area (Å²) in [6, 6.07) is 17.7. The maximum Gasteiger partial charge on any atom is 0.313 e. The Morgan fingerprint density at radius 1 is 1.10 bits per heavy atom. The number of thioether (sulfide) groups is 1. The van der Waals surface area contributed by atoms with E-state index in [1.807, 2.05) is 42.7 Å². The van der Waals surface area contributed by atoms with Gasteiger partial charge in [-0.3, -0.25) is 14.5 Å². The summed E-state index contributed by atoms with van der Waals surface area (Å²) in [5, 5.41) is 5.35. The van der Waals surface area contributed by atoms with E-state index in [1.54, 1.807) is 17.8 Å². The molecule has 1 aliphatic rings. The van der Waals surface area contributed by atoms with E-state index in [2.05, 4.69) is 27.7 Å². The lowest BCUT2D eigenvalue weighted by Gasteiger charge is -2.33. The summed E-state index contributed by atoms with van der Waals surface area (Å²) in [5.74, 6) is -1.23. The molecule has 2 N–H and O–H groups in total. The molecule has 6 nitrogen and oxygen atoms in total. The van der Waals surface area contributed by atoms with E-state index >= 15 is 0 Å². The van der Waals surface area contributed by atoms with Gasteiger partial charge in [-0.2, -0.15) is 0 Å². The van der Waals surface area contributed by atoms with Gasteiger partial charge in [-0.05, 0) is 49.4 Å². The van der Waals surface area contributed by atoms with Crippen molar-refractivity contribution < 1.29 is 14.3 Å². The molecule has 3 rings (SSSR count). The molecule has 1 fully saturated rings. The first-order chi connectivity index (χ1) is 14.7. The highest BCUT2D eigenvalue weighted by atomic mass is 32.2. The van der Waals surface area contributed by atoms with Gasteiger partial charge in [-0.25, -0.2) is 0 Å². The van der Waals surface area contributed by atoms with Crippen LogP contribution in [0.3, 0.4) is 0 Å².